The van der Waals surface area contributed by atoms with Gasteiger partial charge in [-0.1, -0.05) is 6.42 Å². The maximum absolute atomic E-state index is 12.5. The van der Waals surface area contributed by atoms with Crippen LogP contribution in [0.15, 0.2) is 23.8 Å². The van der Waals surface area contributed by atoms with Gasteiger partial charge in [0.2, 0.25) is 0 Å². The first-order chi connectivity index (χ1) is 12.2. The van der Waals surface area contributed by atoms with Crippen LogP contribution < -0.4 is 16.0 Å². The lowest BCUT2D eigenvalue weighted by atomic mass is 10.1. The molecule has 0 spiro atoms. The zero-order valence-corrected chi connectivity index (χ0v) is 14.6. The number of thioether (sulfide) groups is 1. The molecule has 1 aliphatic carbocycles. The molecule has 1 aliphatic heterocycles. The summed E-state index contributed by atoms with van der Waals surface area (Å²) in [6.45, 7) is 1.43. The van der Waals surface area contributed by atoms with E-state index in [1.165, 1.54) is 6.33 Å². The second-order valence-electron chi connectivity index (χ2n) is 6.40. The third kappa shape index (κ3) is 3.34. The molecule has 0 saturated heterocycles. The Bertz CT molecular complexity index is 805. The molecule has 4 N–H and O–H groups in total. The van der Waals surface area contributed by atoms with Gasteiger partial charge in [0.15, 0.2) is 11.5 Å². The highest BCUT2D eigenvalue weighted by Crippen LogP contribution is 2.28. The molecule has 25 heavy (non-hydrogen) atoms. The van der Waals surface area contributed by atoms with Gasteiger partial charge in [-0.15, -0.1) is 11.8 Å². The number of carbonyl (C=O) groups is 1. The highest BCUT2D eigenvalue weighted by molar-refractivity contribution is 8.04. The number of amides is 1. The van der Waals surface area contributed by atoms with Crippen LogP contribution in [-0.4, -0.2) is 50.7 Å². The number of fused-ring (bicyclic) bond motifs is 1. The van der Waals surface area contributed by atoms with E-state index in [2.05, 4.69) is 25.3 Å². The van der Waals surface area contributed by atoms with E-state index >= 15 is 0 Å². The summed E-state index contributed by atoms with van der Waals surface area (Å²) in [5, 5.41) is 3.04. The van der Waals surface area contributed by atoms with E-state index in [-0.39, 0.29) is 11.9 Å². The van der Waals surface area contributed by atoms with Crippen molar-refractivity contribution in [2.24, 2.45) is 11.7 Å². The van der Waals surface area contributed by atoms with Gasteiger partial charge in [-0.05, 0) is 18.8 Å². The van der Waals surface area contributed by atoms with Crippen LogP contribution in [0.1, 0.15) is 19.3 Å². The average Bonchev–Trinajstić information content (AvgIpc) is 3.28. The molecule has 1 saturated carbocycles. The summed E-state index contributed by atoms with van der Waals surface area (Å²) in [7, 11) is 0. The normalized spacial score (nSPS) is 23.7. The number of aromatic nitrogens is 4. The second kappa shape index (κ2) is 7.01. The maximum Gasteiger partial charge on any atom is 0.259 e. The summed E-state index contributed by atoms with van der Waals surface area (Å²) in [5.41, 5.74) is 7.48. The van der Waals surface area contributed by atoms with Crippen LogP contribution in [0.3, 0.4) is 0 Å². The number of nitrogens with zero attached hydrogens (tertiary/aromatic N) is 4. The fraction of sp³-hybridized carbons (Fsp3) is 0.500. The van der Waals surface area contributed by atoms with Gasteiger partial charge in [0, 0.05) is 31.1 Å². The molecular weight excluding hydrogens is 338 g/mol. The van der Waals surface area contributed by atoms with Crippen molar-refractivity contribution in [2.75, 3.05) is 23.7 Å². The van der Waals surface area contributed by atoms with E-state index < -0.39 is 0 Å². The first-order valence-corrected chi connectivity index (χ1v) is 9.50. The minimum Gasteiger partial charge on any atom is -0.351 e. The predicted molar refractivity (Wildman–Crippen MR) is 97.9 cm³/mol. The smallest absolute Gasteiger partial charge is 0.259 e. The molecule has 1 amide bonds. The van der Waals surface area contributed by atoms with Crippen LogP contribution in [0.5, 0.6) is 0 Å². The summed E-state index contributed by atoms with van der Waals surface area (Å²) >= 11 is 1.57. The van der Waals surface area contributed by atoms with Gasteiger partial charge in [-0.3, -0.25) is 4.79 Å². The van der Waals surface area contributed by atoms with E-state index in [0.717, 1.165) is 42.9 Å². The van der Waals surface area contributed by atoms with Crippen molar-refractivity contribution in [1.29, 1.82) is 0 Å². The van der Waals surface area contributed by atoms with Crippen molar-refractivity contribution < 1.29 is 4.79 Å². The molecule has 0 aromatic carbocycles. The van der Waals surface area contributed by atoms with E-state index in [1.54, 1.807) is 18.1 Å². The van der Waals surface area contributed by atoms with Gasteiger partial charge in [0.25, 0.3) is 5.91 Å². The number of aromatic amines is 1. The highest BCUT2D eigenvalue weighted by atomic mass is 32.2. The number of hydrogen-bond acceptors (Lipinski definition) is 7. The van der Waals surface area contributed by atoms with Gasteiger partial charge in [-0.25, -0.2) is 15.0 Å². The van der Waals surface area contributed by atoms with Crippen LogP contribution in [-0.2, 0) is 4.79 Å². The highest BCUT2D eigenvalue weighted by Gasteiger charge is 2.26. The molecule has 0 unspecified atom stereocenters. The third-order valence-corrected chi connectivity index (χ3v) is 5.79. The van der Waals surface area contributed by atoms with E-state index in [0.29, 0.717) is 23.0 Å². The largest absolute Gasteiger partial charge is 0.351 e. The van der Waals surface area contributed by atoms with E-state index in [4.69, 9.17) is 5.73 Å². The topological polar surface area (TPSA) is 113 Å². The first kappa shape index (κ1) is 16.3. The molecule has 2 aromatic rings. The molecule has 0 radical (unpaired) electrons. The Balaban J connectivity index is 1.48. The Morgan fingerprint density at radius 2 is 2.32 bits per heavy atom. The van der Waals surface area contributed by atoms with Gasteiger partial charge in [0.1, 0.15) is 11.8 Å². The summed E-state index contributed by atoms with van der Waals surface area (Å²) in [6.07, 6.45) is 8.26. The molecule has 8 nitrogen and oxygen atoms in total. The minimum atomic E-state index is -0.0382. The van der Waals surface area contributed by atoms with Crippen molar-refractivity contribution >= 4 is 34.7 Å². The maximum atomic E-state index is 12.5. The van der Waals surface area contributed by atoms with Crippen LogP contribution >= 0.6 is 11.8 Å². The number of nitrogens with one attached hydrogen (secondary N) is 2. The van der Waals surface area contributed by atoms with Gasteiger partial charge >= 0.3 is 0 Å². The van der Waals surface area contributed by atoms with Gasteiger partial charge < -0.3 is 20.9 Å². The molecule has 0 bridgehead atoms. The Morgan fingerprint density at radius 3 is 3.16 bits per heavy atom. The van der Waals surface area contributed by atoms with Crippen molar-refractivity contribution in [3.8, 4) is 0 Å². The number of rotatable bonds is 4. The number of anilines is 1. The standard InChI is InChI=1S/C16H21N7OS/c17-11-3-1-2-10(11)6-18-16(24)12-7-23(4-5-25-12)15-13-14(20-8-19-13)21-9-22-15/h7-11H,1-6,17H2,(H,18,24)(H,19,20,21,22)/t10-,11-/m1/s1. The molecule has 132 valence electrons. The monoisotopic (exact) mass is 359 g/mol. The SMILES string of the molecule is N[C@@H]1CCC[C@@H]1CNC(=O)C1=CN(c2ncnc3nc[nH]c23)CCS1. The van der Waals surface area contributed by atoms with Crippen LogP contribution in [0.2, 0.25) is 0 Å². The summed E-state index contributed by atoms with van der Waals surface area (Å²) in [6, 6.07) is 0.208. The van der Waals surface area contributed by atoms with Gasteiger partial charge in [0.05, 0.1) is 11.2 Å². The zero-order valence-electron chi connectivity index (χ0n) is 13.8. The average molecular weight is 359 g/mol. The molecule has 1 fully saturated rings. The van der Waals surface area contributed by atoms with Crippen LogP contribution in [0.25, 0.3) is 11.2 Å². The number of nitrogens with two attached hydrogens (primary N) is 1. The van der Waals surface area contributed by atoms with Crippen molar-refractivity contribution in [2.45, 2.75) is 25.3 Å². The van der Waals surface area contributed by atoms with Crippen molar-refractivity contribution in [3.63, 3.8) is 0 Å². The van der Waals surface area contributed by atoms with E-state index in [1.807, 2.05) is 11.1 Å². The minimum absolute atomic E-state index is 0.0382. The molecule has 2 atom stereocenters. The molecule has 2 aromatic heterocycles. The second-order valence-corrected chi connectivity index (χ2v) is 7.54. The lowest BCUT2D eigenvalue weighted by Gasteiger charge is -2.25. The summed E-state index contributed by atoms with van der Waals surface area (Å²) in [5.74, 6) is 1.91. The summed E-state index contributed by atoms with van der Waals surface area (Å²) in [4.78, 5) is 30.9. The quantitative estimate of drug-likeness (QED) is 0.746. The van der Waals surface area contributed by atoms with Crippen LogP contribution in [0.4, 0.5) is 5.82 Å². The Hall–Kier alpha value is -2.13. The Labute approximate surface area is 149 Å². The number of H-pyrrole nitrogens is 1. The number of hydrogen-bond donors (Lipinski definition) is 3. The number of carbonyl (C=O) groups excluding carboxylic acids is 1. The predicted octanol–water partition coefficient (Wildman–Crippen LogP) is 0.991. The first-order valence-electron chi connectivity index (χ1n) is 8.51. The Kier molecular flexibility index (Phi) is 4.58. The molecular formula is C16H21N7OS. The summed E-state index contributed by atoms with van der Waals surface area (Å²) < 4.78 is 0. The lowest BCUT2D eigenvalue weighted by molar-refractivity contribution is -0.117. The fourth-order valence-corrected chi connectivity index (χ4v) is 4.30. The Morgan fingerprint density at radius 1 is 1.40 bits per heavy atom. The van der Waals surface area contributed by atoms with Crippen molar-refractivity contribution in [3.05, 3.63) is 23.8 Å². The molecule has 9 heteroatoms. The lowest BCUT2D eigenvalue weighted by Crippen LogP contribution is -2.37. The molecule has 3 heterocycles. The third-order valence-electron chi connectivity index (χ3n) is 4.80. The molecule has 4 rings (SSSR count). The zero-order chi connectivity index (χ0) is 17.2. The van der Waals surface area contributed by atoms with E-state index in [9.17, 15) is 4.79 Å². The van der Waals surface area contributed by atoms with Crippen LogP contribution in [0, 0.1) is 5.92 Å². The van der Waals surface area contributed by atoms with Crippen molar-refractivity contribution in [1.82, 2.24) is 25.3 Å². The van der Waals surface area contributed by atoms with Gasteiger partial charge in [-0.2, -0.15) is 0 Å². The number of imidazole rings is 1. The molecule has 2 aliphatic rings. The fourth-order valence-electron chi connectivity index (χ4n) is 3.39.